The second kappa shape index (κ2) is 15.3. The van der Waals surface area contributed by atoms with E-state index < -0.39 is 22.8 Å². The number of carboxylic acids is 1. The molecule has 1 fully saturated rings. The predicted molar refractivity (Wildman–Crippen MR) is 189 cm³/mol. The van der Waals surface area contributed by atoms with Crippen molar-refractivity contribution < 1.29 is 24.2 Å². The minimum absolute atomic E-state index is 0.00978. The van der Waals surface area contributed by atoms with Crippen molar-refractivity contribution in [3.63, 3.8) is 0 Å². The first-order valence-corrected chi connectivity index (χ1v) is 17.1. The van der Waals surface area contributed by atoms with Crippen LogP contribution in [0.3, 0.4) is 0 Å². The molecule has 9 nitrogen and oxygen atoms in total. The molecule has 2 heterocycles. The molecule has 0 bridgehead atoms. The molecule has 2 atom stereocenters. The average Bonchev–Trinajstić information content (AvgIpc) is 3.57. The monoisotopic (exact) mass is 682 g/mol. The number of aromatic nitrogens is 1. The molecule has 1 N–H and O–H groups in total. The summed E-state index contributed by atoms with van der Waals surface area (Å²) in [6, 6.07) is 16.7. The van der Waals surface area contributed by atoms with E-state index in [0.29, 0.717) is 65.8 Å². The third-order valence-electron chi connectivity index (χ3n) is 9.86. The van der Waals surface area contributed by atoms with E-state index in [1.54, 1.807) is 24.4 Å². The van der Waals surface area contributed by atoms with Crippen LogP contribution >= 0.6 is 11.6 Å². The first-order valence-electron chi connectivity index (χ1n) is 16.7. The van der Waals surface area contributed by atoms with Crippen molar-refractivity contribution in [3.8, 4) is 17.6 Å². The first-order chi connectivity index (χ1) is 23.5. The molecule has 0 spiro atoms. The zero-order valence-corrected chi connectivity index (χ0v) is 29.2. The van der Waals surface area contributed by atoms with Gasteiger partial charge in [0.1, 0.15) is 42.2 Å². The van der Waals surface area contributed by atoms with Gasteiger partial charge in [-0.2, -0.15) is 5.26 Å². The highest BCUT2D eigenvalue weighted by Gasteiger charge is 2.54. The Morgan fingerprint density at radius 3 is 2.55 bits per heavy atom. The second-order valence-electron chi connectivity index (χ2n) is 13.0. The van der Waals surface area contributed by atoms with Gasteiger partial charge in [-0.3, -0.25) is 19.5 Å². The van der Waals surface area contributed by atoms with Crippen LogP contribution in [0, 0.1) is 22.2 Å². The van der Waals surface area contributed by atoms with E-state index >= 15 is 0 Å². The third-order valence-corrected chi connectivity index (χ3v) is 10.2. The van der Waals surface area contributed by atoms with Crippen molar-refractivity contribution in [3.05, 3.63) is 106 Å². The summed E-state index contributed by atoms with van der Waals surface area (Å²) in [4.78, 5) is 34.4. The van der Waals surface area contributed by atoms with Crippen molar-refractivity contribution in [2.45, 2.75) is 59.7 Å². The SMILES string of the molecule is CCN(CC)C(=O)C1(COc2cc(OCc3cncc(C#N)c3)c(CN3CCC[C@H]3C(=O)O)cc2Cl)C=CC=C(c2ccccc2)C1(C)C. The maximum atomic E-state index is 14.5. The van der Waals surface area contributed by atoms with E-state index in [1.807, 2.05) is 54.0 Å². The molecule has 1 saturated heterocycles. The number of aliphatic carboxylic acids is 1. The molecule has 0 saturated carbocycles. The Morgan fingerprint density at radius 2 is 1.86 bits per heavy atom. The second-order valence-corrected chi connectivity index (χ2v) is 13.4. The molecule has 1 aliphatic carbocycles. The molecule has 256 valence electrons. The Kier molecular flexibility index (Phi) is 11.1. The van der Waals surface area contributed by atoms with E-state index in [0.717, 1.165) is 17.6 Å². The van der Waals surface area contributed by atoms with Crippen LogP contribution in [0.2, 0.25) is 5.02 Å². The summed E-state index contributed by atoms with van der Waals surface area (Å²) in [7, 11) is 0. The van der Waals surface area contributed by atoms with Crippen LogP contribution in [0.25, 0.3) is 5.57 Å². The lowest BCUT2D eigenvalue weighted by atomic mass is 9.58. The van der Waals surface area contributed by atoms with E-state index in [-0.39, 0.29) is 19.1 Å². The Hall–Kier alpha value is -4.65. The van der Waals surface area contributed by atoms with Crippen LogP contribution < -0.4 is 9.47 Å². The number of pyridine rings is 1. The summed E-state index contributed by atoms with van der Waals surface area (Å²) >= 11 is 6.91. The smallest absolute Gasteiger partial charge is 0.320 e. The molecule has 2 aliphatic rings. The Balaban J connectivity index is 1.51. The van der Waals surface area contributed by atoms with Gasteiger partial charge in [0.2, 0.25) is 5.91 Å². The number of carboxylic acid groups (broad SMARTS) is 1. The van der Waals surface area contributed by atoms with Crippen LogP contribution in [-0.2, 0) is 22.7 Å². The molecule has 10 heteroatoms. The summed E-state index contributed by atoms with van der Waals surface area (Å²) < 4.78 is 12.9. The van der Waals surface area contributed by atoms with Gasteiger partial charge >= 0.3 is 5.97 Å². The quantitative estimate of drug-likeness (QED) is 0.202. The third kappa shape index (κ3) is 7.36. The van der Waals surface area contributed by atoms with Gasteiger partial charge in [-0.1, -0.05) is 74.0 Å². The molecule has 1 aliphatic heterocycles. The number of likely N-dealkylation sites (tertiary alicyclic amines) is 1. The summed E-state index contributed by atoms with van der Waals surface area (Å²) in [5, 5.41) is 19.5. The molecule has 49 heavy (non-hydrogen) atoms. The predicted octanol–water partition coefficient (Wildman–Crippen LogP) is 7.15. The summed E-state index contributed by atoms with van der Waals surface area (Å²) in [5.41, 5.74) is 2.13. The Morgan fingerprint density at radius 1 is 1.10 bits per heavy atom. The number of nitriles is 1. The number of ether oxygens (including phenoxy) is 2. The Bertz CT molecular complexity index is 1780. The van der Waals surface area contributed by atoms with Crippen LogP contribution in [-0.4, -0.2) is 64.0 Å². The lowest BCUT2D eigenvalue weighted by Gasteiger charge is -2.48. The van der Waals surface area contributed by atoms with Gasteiger partial charge in [-0.05, 0) is 56.5 Å². The number of halogens is 1. The number of benzene rings is 2. The van der Waals surface area contributed by atoms with Crippen molar-refractivity contribution in [1.82, 2.24) is 14.8 Å². The van der Waals surface area contributed by atoms with Crippen LogP contribution in [0.1, 0.15) is 62.8 Å². The minimum atomic E-state index is -1.07. The number of nitrogens with zero attached hydrogens (tertiary/aromatic N) is 4. The van der Waals surface area contributed by atoms with Gasteiger partial charge in [0.05, 0.1) is 10.6 Å². The number of carbonyl (C=O) groups excluding carboxylic acids is 1. The fraction of sp³-hybridized carbons (Fsp3) is 0.385. The lowest BCUT2D eigenvalue weighted by molar-refractivity contribution is -0.145. The zero-order chi connectivity index (χ0) is 35.2. The average molecular weight is 683 g/mol. The van der Waals surface area contributed by atoms with Gasteiger partial charge in [-0.25, -0.2) is 0 Å². The van der Waals surface area contributed by atoms with Gasteiger partial charge in [-0.15, -0.1) is 0 Å². The highest BCUT2D eigenvalue weighted by atomic mass is 35.5. The number of rotatable bonds is 13. The Labute approximate surface area is 293 Å². The van der Waals surface area contributed by atoms with E-state index in [2.05, 4.69) is 43.1 Å². The van der Waals surface area contributed by atoms with Crippen LogP contribution in [0.5, 0.6) is 11.5 Å². The first kappa shape index (κ1) is 35.7. The van der Waals surface area contributed by atoms with E-state index in [4.69, 9.17) is 21.1 Å². The fourth-order valence-electron chi connectivity index (χ4n) is 6.90. The molecular weight excluding hydrogens is 640 g/mol. The highest BCUT2D eigenvalue weighted by Crippen LogP contribution is 2.53. The zero-order valence-electron chi connectivity index (χ0n) is 28.5. The summed E-state index contributed by atoms with van der Waals surface area (Å²) in [5.74, 6) is -0.0961. The van der Waals surface area contributed by atoms with Crippen LogP contribution in [0.4, 0.5) is 0 Å². The molecule has 1 amide bonds. The van der Waals surface area contributed by atoms with E-state index in [9.17, 15) is 20.0 Å². The molecular formula is C39H43ClN4O5. The van der Waals surface area contributed by atoms with Crippen molar-refractivity contribution in [1.29, 1.82) is 5.26 Å². The topological polar surface area (TPSA) is 116 Å². The van der Waals surface area contributed by atoms with Crippen LogP contribution in [0.15, 0.2) is 79.2 Å². The standard InChI is InChI=1S/C39H43ClN4O5/c1-5-43(6-2)37(47)39(16-10-14-31(38(39,3)4)29-12-8-7-9-13-29)26-49-35-20-34(48-25-28-18-27(21-41)22-42-23-28)30(19-32(35)40)24-44-17-11-15-33(44)36(45)46/h7-10,12-14,16,18-20,22-23,33H,5-6,11,15,17,24-26H2,1-4H3,(H,45,46)/t33-,39?/m0/s1. The van der Waals surface area contributed by atoms with Crippen molar-refractivity contribution in [2.75, 3.05) is 26.2 Å². The largest absolute Gasteiger partial charge is 0.490 e. The number of amides is 1. The molecule has 1 aromatic heterocycles. The maximum absolute atomic E-state index is 14.5. The minimum Gasteiger partial charge on any atom is -0.490 e. The number of hydrogen-bond acceptors (Lipinski definition) is 7. The lowest BCUT2D eigenvalue weighted by Crippen LogP contribution is -2.55. The molecule has 2 aromatic carbocycles. The van der Waals surface area contributed by atoms with Gasteiger partial charge in [0.25, 0.3) is 0 Å². The number of allylic oxidation sites excluding steroid dienone is 3. The van der Waals surface area contributed by atoms with Crippen molar-refractivity contribution >= 4 is 29.1 Å². The normalized spacial score (nSPS) is 19.9. The number of carbonyl (C=O) groups is 2. The molecule has 0 radical (unpaired) electrons. The fourth-order valence-corrected chi connectivity index (χ4v) is 7.14. The van der Waals surface area contributed by atoms with E-state index in [1.165, 1.54) is 6.20 Å². The van der Waals surface area contributed by atoms with Gasteiger partial charge < -0.3 is 19.5 Å². The maximum Gasteiger partial charge on any atom is 0.320 e. The van der Waals surface area contributed by atoms with Gasteiger partial charge in [0, 0.05) is 54.6 Å². The molecule has 1 unspecified atom stereocenters. The number of hydrogen-bond donors (Lipinski definition) is 1. The summed E-state index contributed by atoms with van der Waals surface area (Å²) in [6.45, 7) is 10.3. The van der Waals surface area contributed by atoms with Crippen molar-refractivity contribution in [2.24, 2.45) is 10.8 Å². The molecule has 5 rings (SSSR count). The molecule has 3 aromatic rings. The van der Waals surface area contributed by atoms with Gasteiger partial charge in [0.15, 0.2) is 0 Å². The highest BCUT2D eigenvalue weighted by molar-refractivity contribution is 6.32. The summed E-state index contributed by atoms with van der Waals surface area (Å²) in [6.07, 6.45) is 10.4.